The number of methoxy groups -OCH3 is 1. The molecular weight excluding hydrogens is 371 g/mol. The number of para-hydroxylation sites is 1. The lowest BCUT2D eigenvalue weighted by atomic mass is 10.1. The number of nitrogens with zero attached hydrogens (tertiary/aromatic N) is 1. The molecule has 156 valence electrons. The smallest absolute Gasteiger partial charge is 0.234 e. The van der Waals surface area contributed by atoms with Crippen LogP contribution in [0.3, 0.4) is 0 Å². The zero-order chi connectivity index (χ0) is 20.5. The first kappa shape index (κ1) is 21.3. The highest BCUT2D eigenvalue weighted by Crippen LogP contribution is 2.21. The largest absolute Gasteiger partial charge is 0.496 e. The minimum atomic E-state index is -0.251. The van der Waals surface area contributed by atoms with Crippen LogP contribution in [0.1, 0.15) is 24.0 Å². The van der Waals surface area contributed by atoms with Gasteiger partial charge >= 0.3 is 0 Å². The third-order valence-corrected chi connectivity index (χ3v) is 5.09. The predicted octanol–water partition coefficient (Wildman–Crippen LogP) is 3.17. The SMILES string of the molecule is COc1ccccc1CN(CC(=O)NCCc1ccc(F)cc1)CC1CCCO1. The maximum absolute atomic E-state index is 13.0. The van der Waals surface area contributed by atoms with Crippen LogP contribution in [0.15, 0.2) is 48.5 Å². The molecule has 29 heavy (non-hydrogen) atoms. The van der Waals surface area contributed by atoms with E-state index in [0.717, 1.165) is 36.3 Å². The summed E-state index contributed by atoms with van der Waals surface area (Å²) in [5.41, 5.74) is 2.05. The molecule has 1 fully saturated rings. The van der Waals surface area contributed by atoms with Crippen molar-refractivity contribution in [2.45, 2.75) is 31.9 Å². The molecule has 1 aliphatic heterocycles. The van der Waals surface area contributed by atoms with Gasteiger partial charge in [-0.1, -0.05) is 30.3 Å². The molecule has 1 aliphatic rings. The van der Waals surface area contributed by atoms with E-state index >= 15 is 0 Å². The van der Waals surface area contributed by atoms with Gasteiger partial charge < -0.3 is 14.8 Å². The lowest BCUT2D eigenvalue weighted by Gasteiger charge is -2.25. The van der Waals surface area contributed by atoms with Crippen LogP contribution in [0, 0.1) is 5.82 Å². The van der Waals surface area contributed by atoms with E-state index in [1.807, 2.05) is 24.3 Å². The number of ether oxygens (including phenoxy) is 2. The van der Waals surface area contributed by atoms with Crippen LogP contribution in [0.25, 0.3) is 0 Å². The van der Waals surface area contributed by atoms with Crippen molar-refractivity contribution < 1.29 is 18.7 Å². The van der Waals surface area contributed by atoms with E-state index in [9.17, 15) is 9.18 Å². The van der Waals surface area contributed by atoms with E-state index in [-0.39, 0.29) is 17.8 Å². The van der Waals surface area contributed by atoms with Crippen LogP contribution in [0.5, 0.6) is 5.75 Å². The zero-order valence-electron chi connectivity index (χ0n) is 16.9. The van der Waals surface area contributed by atoms with E-state index in [2.05, 4.69) is 10.2 Å². The molecule has 1 N–H and O–H groups in total. The topological polar surface area (TPSA) is 50.8 Å². The van der Waals surface area contributed by atoms with Gasteiger partial charge in [-0.15, -0.1) is 0 Å². The summed E-state index contributed by atoms with van der Waals surface area (Å²) in [5.74, 6) is 0.542. The van der Waals surface area contributed by atoms with E-state index in [1.54, 1.807) is 19.2 Å². The van der Waals surface area contributed by atoms with Crippen LogP contribution >= 0.6 is 0 Å². The summed E-state index contributed by atoms with van der Waals surface area (Å²) < 4.78 is 24.2. The molecule has 1 unspecified atom stereocenters. The molecule has 1 atom stereocenters. The Morgan fingerprint density at radius 2 is 2.03 bits per heavy atom. The van der Waals surface area contributed by atoms with Gasteiger partial charge in [0.1, 0.15) is 11.6 Å². The number of hydrogen-bond donors (Lipinski definition) is 1. The Morgan fingerprint density at radius 1 is 1.24 bits per heavy atom. The van der Waals surface area contributed by atoms with Crippen molar-refractivity contribution in [3.8, 4) is 5.75 Å². The summed E-state index contributed by atoms with van der Waals surface area (Å²) in [6, 6.07) is 14.2. The fourth-order valence-electron chi connectivity index (χ4n) is 3.59. The highest BCUT2D eigenvalue weighted by molar-refractivity contribution is 5.78. The summed E-state index contributed by atoms with van der Waals surface area (Å²) in [4.78, 5) is 14.6. The number of amides is 1. The molecule has 6 heteroatoms. The molecule has 0 radical (unpaired) electrons. The molecule has 2 aromatic carbocycles. The van der Waals surface area contributed by atoms with Crippen molar-refractivity contribution in [1.29, 1.82) is 0 Å². The first-order chi connectivity index (χ1) is 14.1. The second-order valence-corrected chi connectivity index (χ2v) is 7.34. The predicted molar refractivity (Wildman–Crippen MR) is 110 cm³/mol. The maximum atomic E-state index is 13.0. The number of carbonyl (C=O) groups excluding carboxylic acids is 1. The van der Waals surface area contributed by atoms with Gasteiger partial charge in [-0.3, -0.25) is 9.69 Å². The highest BCUT2D eigenvalue weighted by atomic mass is 19.1. The van der Waals surface area contributed by atoms with Gasteiger partial charge in [-0.05, 0) is 43.0 Å². The average molecular weight is 400 g/mol. The molecule has 0 aromatic heterocycles. The summed E-state index contributed by atoms with van der Waals surface area (Å²) in [6.07, 6.45) is 2.92. The van der Waals surface area contributed by atoms with Gasteiger partial charge in [0.05, 0.1) is 19.8 Å². The Hall–Kier alpha value is -2.44. The van der Waals surface area contributed by atoms with Crippen LogP contribution in [-0.2, 0) is 22.5 Å². The first-order valence-corrected chi connectivity index (χ1v) is 10.1. The van der Waals surface area contributed by atoms with Crippen LogP contribution < -0.4 is 10.1 Å². The van der Waals surface area contributed by atoms with Gasteiger partial charge in [0.2, 0.25) is 5.91 Å². The molecule has 1 saturated heterocycles. The maximum Gasteiger partial charge on any atom is 0.234 e. The van der Waals surface area contributed by atoms with Crippen molar-refractivity contribution in [1.82, 2.24) is 10.2 Å². The number of rotatable bonds is 10. The van der Waals surface area contributed by atoms with Gasteiger partial charge in [0.15, 0.2) is 0 Å². The molecule has 1 heterocycles. The monoisotopic (exact) mass is 400 g/mol. The van der Waals surface area contributed by atoms with Gasteiger partial charge in [-0.25, -0.2) is 4.39 Å². The summed E-state index contributed by atoms with van der Waals surface area (Å²) in [6.45, 7) is 2.93. The van der Waals surface area contributed by atoms with Gasteiger partial charge in [0, 0.05) is 31.8 Å². The van der Waals surface area contributed by atoms with Crippen molar-refractivity contribution in [3.63, 3.8) is 0 Å². The third-order valence-electron chi connectivity index (χ3n) is 5.09. The van der Waals surface area contributed by atoms with Crippen LogP contribution in [-0.4, -0.2) is 50.3 Å². The summed E-state index contributed by atoms with van der Waals surface area (Å²) in [7, 11) is 1.66. The zero-order valence-corrected chi connectivity index (χ0v) is 16.9. The molecule has 0 aliphatic carbocycles. The Kier molecular flexibility index (Phi) is 8.02. The molecule has 3 rings (SSSR count). The average Bonchev–Trinajstić information content (AvgIpc) is 3.23. The second kappa shape index (κ2) is 10.9. The van der Waals surface area contributed by atoms with Crippen molar-refractivity contribution in [2.24, 2.45) is 0 Å². The molecular formula is C23H29FN2O3. The summed E-state index contributed by atoms with van der Waals surface area (Å²) in [5, 5.41) is 2.97. The van der Waals surface area contributed by atoms with Crippen molar-refractivity contribution >= 4 is 5.91 Å². The van der Waals surface area contributed by atoms with Gasteiger partial charge in [0.25, 0.3) is 0 Å². The lowest BCUT2D eigenvalue weighted by Crippen LogP contribution is -2.41. The Labute approximate surface area is 171 Å². The van der Waals surface area contributed by atoms with Gasteiger partial charge in [-0.2, -0.15) is 0 Å². The number of nitrogens with one attached hydrogen (secondary N) is 1. The molecule has 0 spiro atoms. The van der Waals surface area contributed by atoms with Crippen LogP contribution in [0.4, 0.5) is 4.39 Å². The minimum absolute atomic E-state index is 0.0278. The molecule has 2 aromatic rings. The Balaban J connectivity index is 1.54. The molecule has 5 nitrogen and oxygen atoms in total. The van der Waals surface area contributed by atoms with E-state index in [1.165, 1.54) is 12.1 Å². The van der Waals surface area contributed by atoms with E-state index < -0.39 is 0 Å². The normalized spacial score (nSPS) is 16.2. The summed E-state index contributed by atoms with van der Waals surface area (Å²) >= 11 is 0. The fraction of sp³-hybridized carbons (Fsp3) is 0.435. The lowest BCUT2D eigenvalue weighted by molar-refractivity contribution is -0.122. The van der Waals surface area contributed by atoms with Crippen molar-refractivity contribution in [2.75, 3.05) is 33.4 Å². The van der Waals surface area contributed by atoms with Crippen LogP contribution in [0.2, 0.25) is 0 Å². The Bertz CT molecular complexity index is 776. The van der Waals surface area contributed by atoms with E-state index in [4.69, 9.17) is 9.47 Å². The quantitative estimate of drug-likeness (QED) is 0.666. The van der Waals surface area contributed by atoms with E-state index in [0.29, 0.717) is 32.6 Å². The first-order valence-electron chi connectivity index (χ1n) is 10.1. The van der Waals surface area contributed by atoms with Crippen molar-refractivity contribution in [3.05, 3.63) is 65.5 Å². The highest BCUT2D eigenvalue weighted by Gasteiger charge is 2.21. The number of halogens is 1. The molecule has 0 bridgehead atoms. The fourth-order valence-corrected chi connectivity index (χ4v) is 3.59. The number of hydrogen-bond acceptors (Lipinski definition) is 4. The molecule has 0 saturated carbocycles. The number of carbonyl (C=O) groups is 1. The second-order valence-electron chi connectivity index (χ2n) is 7.34. The third kappa shape index (κ3) is 6.84. The standard InChI is InChI=1S/C23H29FN2O3/c1-28-22-7-3-2-5-19(22)15-26(16-21-6-4-14-29-21)17-23(27)25-13-12-18-8-10-20(24)11-9-18/h2-3,5,7-11,21H,4,6,12-17H2,1H3,(H,25,27). The Morgan fingerprint density at radius 3 is 2.76 bits per heavy atom. The number of benzene rings is 2. The minimum Gasteiger partial charge on any atom is -0.496 e. The molecule has 1 amide bonds.